The van der Waals surface area contributed by atoms with E-state index in [4.69, 9.17) is 0 Å². The van der Waals surface area contributed by atoms with Gasteiger partial charge in [-0.25, -0.2) is 0 Å². The molecule has 0 aliphatic carbocycles. The van der Waals surface area contributed by atoms with Gasteiger partial charge < -0.3 is 10.4 Å². The van der Waals surface area contributed by atoms with Crippen LogP contribution in [-0.2, 0) is 0 Å². The minimum atomic E-state index is 0. The van der Waals surface area contributed by atoms with Gasteiger partial charge in [0.2, 0.25) is 0 Å². The Morgan fingerprint density at radius 1 is 1.00 bits per heavy atom. The van der Waals surface area contributed by atoms with Crippen molar-refractivity contribution >= 4 is 0 Å². The Morgan fingerprint density at radius 2 is 1.36 bits per heavy atom. The van der Waals surface area contributed by atoms with E-state index in [-0.39, 0.29) is 5.48 Å². The number of hydrogen-bond donors (Lipinski definition) is 0. The molecule has 0 radical (unpaired) electrons. The molecule has 3 nitrogen and oxygen atoms in total. The number of hydrogen-bond acceptors (Lipinski definition) is 2. The number of nitrogens with zero attached hydrogens (tertiary/aromatic N) is 2. The van der Waals surface area contributed by atoms with E-state index in [9.17, 15) is 0 Å². The molecule has 0 amide bonds. The molecule has 2 atom stereocenters. The SMILES string of the molecule is CC1CN(C)CC(C)N1C.O. The van der Waals surface area contributed by atoms with Gasteiger partial charge in [-0.05, 0) is 27.9 Å². The minimum Gasteiger partial charge on any atom is -0.412 e. The number of likely N-dealkylation sites (N-methyl/N-ethyl adjacent to an activating group) is 2. The Balaban J connectivity index is 0.000001000. The highest BCUT2D eigenvalue weighted by Gasteiger charge is 2.23. The first-order valence-corrected chi connectivity index (χ1v) is 4.01. The van der Waals surface area contributed by atoms with E-state index in [1.807, 2.05) is 0 Å². The first-order chi connectivity index (χ1) is 4.61. The highest BCUT2D eigenvalue weighted by Crippen LogP contribution is 2.10. The topological polar surface area (TPSA) is 38.0 Å². The summed E-state index contributed by atoms with van der Waals surface area (Å²) in [7, 11) is 4.41. The summed E-state index contributed by atoms with van der Waals surface area (Å²) in [5, 5.41) is 0. The maximum Gasteiger partial charge on any atom is 0.0195 e. The van der Waals surface area contributed by atoms with Gasteiger partial charge >= 0.3 is 0 Å². The molecule has 0 spiro atoms. The predicted octanol–water partition coefficient (Wildman–Crippen LogP) is -0.184. The average Bonchev–Trinajstić information content (AvgIpc) is 1.82. The Morgan fingerprint density at radius 3 is 1.73 bits per heavy atom. The molecule has 1 saturated heterocycles. The summed E-state index contributed by atoms with van der Waals surface area (Å²) in [6.45, 7) is 6.99. The molecular weight excluding hydrogens is 140 g/mol. The van der Waals surface area contributed by atoms with E-state index in [0.717, 1.165) is 0 Å². The summed E-state index contributed by atoms with van der Waals surface area (Å²) >= 11 is 0. The number of piperazine rings is 1. The van der Waals surface area contributed by atoms with Crippen LogP contribution in [0.5, 0.6) is 0 Å². The fourth-order valence-corrected chi connectivity index (χ4v) is 1.67. The molecule has 1 heterocycles. The second-order valence-electron chi connectivity index (χ2n) is 3.58. The Kier molecular flexibility index (Phi) is 4.00. The molecule has 68 valence electrons. The van der Waals surface area contributed by atoms with Gasteiger partial charge in [0.25, 0.3) is 0 Å². The van der Waals surface area contributed by atoms with Crippen LogP contribution in [0.15, 0.2) is 0 Å². The van der Waals surface area contributed by atoms with Crippen molar-refractivity contribution in [2.45, 2.75) is 25.9 Å². The molecule has 1 rings (SSSR count). The lowest BCUT2D eigenvalue weighted by Gasteiger charge is -2.40. The zero-order valence-electron chi connectivity index (χ0n) is 7.96. The highest BCUT2D eigenvalue weighted by atomic mass is 16.0. The second-order valence-corrected chi connectivity index (χ2v) is 3.58. The van der Waals surface area contributed by atoms with Crippen LogP contribution in [0.4, 0.5) is 0 Å². The van der Waals surface area contributed by atoms with E-state index in [2.05, 4.69) is 37.7 Å². The van der Waals surface area contributed by atoms with Crippen molar-refractivity contribution < 1.29 is 5.48 Å². The summed E-state index contributed by atoms with van der Waals surface area (Å²) in [6.07, 6.45) is 0. The molecule has 11 heavy (non-hydrogen) atoms. The molecule has 1 fully saturated rings. The average molecular weight is 160 g/mol. The molecule has 0 aromatic rings. The van der Waals surface area contributed by atoms with Crippen LogP contribution in [0.25, 0.3) is 0 Å². The fraction of sp³-hybridized carbons (Fsp3) is 1.00. The van der Waals surface area contributed by atoms with Crippen molar-refractivity contribution in [1.82, 2.24) is 9.80 Å². The van der Waals surface area contributed by atoms with E-state index in [0.29, 0.717) is 12.1 Å². The largest absolute Gasteiger partial charge is 0.412 e. The van der Waals surface area contributed by atoms with Gasteiger partial charge in [-0.2, -0.15) is 0 Å². The van der Waals surface area contributed by atoms with Crippen molar-refractivity contribution in [2.24, 2.45) is 0 Å². The molecule has 3 heteroatoms. The third kappa shape index (κ3) is 2.43. The maximum absolute atomic E-state index is 2.44. The van der Waals surface area contributed by atoms with Crippen LogP contribution in [0.1, 0.15) is 13.8 Å². The van der Waals surface area contributed by atoms with Crippen LogP contribution >= 0.6 is 0 Å². The molecule has 2 unspecified atom stereocenters. The van der Waals surface area contributed by atoms with Crippen LogP contribution in [0.3, 0.4) is 0 Å². The van der Waals surface area contributed by atoms with Crippen molar-refractivity contribution in [1.29, 1.82) is 0 Å². The normalized spacial score (nSPS) is 34.9. The lowest BCUT2D eigenvalue weighted by Crippen LogP contribution is -2.53. The molecule has 0 saturated carbocycles. The smallest absolute Gasteiger partial charge is 0.0195 e. The quantitative estimate of drug-likeness (QED) is 0.493. The molecule has 1 aliphatic rings. The highest BCUT2D eigenvalue weighted by molar-refractivity contribution is 4.80. The van der Waals surface area contributed by atoms with Gasteiger partial charge in [0.15, 0.2) is 0 Å². The van der Waals surface area contributed by atoms with E-state index < -0.39 is 0 Å². The summed E-state index contributed by atoms with van der Waals surface area (Å²) in [5.41, 5.74) is 0. The standard InChI is InChI=1S/C8H18N2.H2O/c1-7-5-9(3)6-8(2)10(7)4;/h7-8H,5-6H2,1-4H3;1H2. The summed E-state index contributed by atoms with van der Waals surface area (Å²) in [5.74, 6) is 0. The van der Waals surface area contributed by atoms with E-state index in [1.165, 1.54) is 13.1 Å². The molecule has 1 aliphatic heterocycles. The van der Waals surface area contributed by atoms with Crippen LogP contribution in [0.2, 0.25) is 0 Å². The van der Waals surface area contributed by atoms with Crippen LogP contribution in [-0.4, -0.2) is 54.5 Å². The molecular formula is C8H20N2O. The molecule has 2 N–H and O–H groups in total. The summed E-state index contributed by atoms with van der Waals surface area (Å²) in [6, 6.07) is 1.43. The monoisotopic (exact) mass is 160 g/mol. The van der Waals surface area contributed by atoms with E-state index in [1.54, 1.807) is 0 Å². The first-order valence-electron chi connectivity index (χ1n) is 4.01. The lowest BCUT2D eigenvalue weighted by atomic mass is 10.1. The van der Waals surface area contributed by atoms with Crippen molar-refractivity contribution in [3.63, 3.8) is 0 Å². The zero-order valence-corrected chi connectivity index (χ0v) is 7.96. The van der Waals surface area contributed by atoms with Crippen LogP contribution in [0, 0.1) is 0 Å². The van der Waals surface area contributed by atoms with Gasteiger partial charge in [-0.3, -0.25) is 4.90 Å². The third-order valence-electron chi connectivity index (χ3n) is 2.54. The number of rotatable bonds is 0. The Hall–Kier alpha value is -0.120. The minimum absolute atomic E-state index is 0. The van der Waals surface area contributed by atoms with Gasteiger partial charge in [0.1, 0.15) is 0 Å². The Bertz CT molecular complexity index is 107. The van der Waals surface area contributed by atoms with Gasteiger partial charge in [-0.1, -0.05) is 0 Å². The van der Waals surface area contributed by atoms with Gasteiger partial charge in [0.05, 0.1) is 0 Å². The fourth-order valence-electron chi connectivity index (χ4n) is 1.67. The van der Waals surface area contributed by atoms with Crippen molar-refractivity contribution in [3.8, 4) is 0 Å². The maximum atomic E-state index is 2.44. The molecule has 0 aromatic carbocycles. The summed E-state index contributed by atoms with van der Waals surface area (Å²) < 4.78 is 0. The van der Waals surface area contributed by atoms with Crippen molar-refractivity contribution in [2.75, 3.05) is 27.2 Å². The zero-order chi connectivity index (χ0) is 7.72. The lowest BCUT2D eigenvalue weighted by molar-refractivity contribution is 0.0761. The first kappa shape index (κ1) is 10.9. The van der Waals surface area contributed by atoms with Gasteiger partial charge in [0, 0.05) is 25.2 Å². The Labute approximate surface area is 69.3 Å². The van der Waals surface area contributed by atoms with Crippen LogP contribution < -0.4 is 0 Å². The van der Waals surface area contributed by atoms with Crippen molar-refractivity contribution in [3.05, 3.63) is 0 Å². The molecule has 0 aromatic heterocycles. The predicted molar refractivity (Wildman–Crippen MR) is 47.8 cm³/mol. The van der Waals surface area contributed by atoms with E-state index >= 15 is 0 Å². The molecule has 0 bridgehead atoms. The summed E-state index contributed by atoms with van der Waals surface area (Å²) in [4.78, 5) is 4.84. The third-order valence-corrected chi connectivity index (χ3v) is 2.54. The van der Waals surface area contributed by atoms with Gasteiger partial charge in [-0.15, -0.1) is 0 Å². The second kappa shape index (κ2) is 4.04.